The molecule has 0 saturated heterocycles. The Labute approximate surface area is 63.2 Å². The molecule has 10 heavy (non-hydrogen) atoms. The molecule has 0 aromatic carbocycles. The van der Waals surface area contributed by atoms with Crippen molar-refractivity contribution in [3.8, 4) is 0 Å². The average molecular weight is 137 g/mol. The lowest BCUT2D eigenvalue weighted by Crippen LogP contribution is -1.74. The van der Waals surface area contributed by atoms with E-state index in [1.807, 2.05) is 13.0 Å². The van der Waals surface area contributed by atoms with E-state index in [9.17, 15) is 0 Å². The molecular formula is C9H15N. The maximum absolute atomic E-state index is 3.63. The lowest BCUT2D eigenvalue weighted by atomic mass is 10.1. The van der Waals surface area contributed by atoms with E-state index in [4.69, 9.17) is 0 Å². The Morgan fingerprint density at radius 1 is 1.60 bits per heavy atom. The van der Waals surface area contributed by atoms with Crippen LogP contribution in [0.2, 0.25) is 0 Å². The fourth-order valence-corrected chi connectivity index (χ4v) is 0.761. The van der Waals surface area contributed by atoms with Crippen LogP contribution in [0.25, 0.3) is 0 Å². The molecule has 0 amide bonds. The van der Waals surface area contributed by atoms with Gasteiger partial charge in [-0.05, 0) is 26.1 Å². The second kappa shape index (κ2) is 6.27. The Morgan fingerprint density at radius 2 is 2.30 bits per heavy atom. The van der Waals surface area contributed by atoms with E-state index in [0.29, 0.717) is 0 Å². The van der Waals surface area contributed by atoms with Gasteiger partial charge in [0, 0.05) is 6.20 Å². The first-order valence-corrected chi connectivity index (χ1v) is 3.62. The molecule has 0 spiro atoms. The number of aliphatic imine (C=N–C) groups is 1. The van der Waals surface area contributed by atoms with Crippen molar-refractivity contribution in [3.05, 3.63) is 23.9 Å². The summed E-state index contributed by atoms with van der Waals surface area (Å²) < 4.78 is 0. The van der Waals surface area contributed by atoms with Gasteiger partial charge in [-0.15, -0.1) is 0 Å². The van der Waals surface area contributed by atoms with Crippen molar-refractivity contribution in [2.45, 2.75) is 26.7 Å². The van der Waals surface area contributed by atoms with Gasteiger partial charge in [-0.2, -0.15) is 0 Å². The summed E-state index contributed by atoms with van der Waals surface area (Å²) in [5.74, 6) is 0. The van der Waals surface area contributed by atoms with Gasteiger partial charge >= 0.3 is 0 Å². The molecule has 1 heteroatoms. The summed E-state index contributed by atoms with van der Waals surface area (Å²) in [4.78, 5) is 3.63. The van der Waals surface area contributed by atoms with Crippen molar-refractivity contribution in [1.29, 1.82) is 0 Å². The highest BCUT2D eigenvalue weighted by atomic mass is 14.6. The van der Waals surface area contributed by atoms with Crippen LogP contribution >= 0.6 is 0 Å². The number of hydrogen-bond acceptors (Lipinski definition) is 1. The predicted octanol–water partition coefficient (Wildman–Crippen LogP) is 2.95. The van der Waals surface area contributed by atoms with Crippen LogP contribution in [0.15, 0.2) is 28.9 Å². The fraction of sp³-hybridized carbons (Fsp3) is 0.444. The van der Waals surface area contributed by atoms with Crippen LogP contribution in [0, 0.1) is 0 Å². The Hall–Kier alpha value is -0.850. The summed E-state index contributed by atoms with van der Waals surface area (Å²) in [5.41, 5.74) is 1.33. The summed E-state index contributed by atoms with van der Waals surface area (Å²) in [6.45, 7) is 7.57. The van der Waals surface area contributed by atoms with Gasteiger partial charge in [0.2, 0.25) is 0 Å². The molecule has 0 aromatic rings. The lowest BCUT2D eigenvalue weighted by Gasteiger charge is -1.94. The average Bonchev–Trinajstić information content (AvgIpc) is 1.98. The SMILES string of the molecule is C=N/C=C\C(=C/C)CCC. The van der Waals surface area contributed by atoms with Gasteiger partial charge in [-0.1, -0.05) is 25.0 Å². The summed E-state index contributed by atoms with van der Waals surface area (Å²) in [5, 5.41) is 0. The molecule has 0 rings (SSSR count). The molecule has 0 aliphatic rings. The van der Waals surface area contributed by atoms with Gasteiger partial charge in [0.25, 0.3) is 0 Å². The molecule has 1 nitrogen and oxygen atoms in total. The maximum atomic E-state index is 3.63. The van der Waals surface area contributed by atoms with Crippen LogP contribution < -0.4 is 0 Å². The number of nitrogens with zero attached hydrogens (tertiary/aromatic N) is 1. The first kappa shape index (κ1) is 9.15. The summed E-state index contributed by atoms with van der Waals surface area (Å²) >= 11 is 0. The molecule has 0 heterocycles. The van der Waals surface area contributed by atoms with Gasteiger partial charge in [0.05, 0.1) is 0 Å². The minimum atomic E-state index is 1.13. The third kappa shape index (κ3) is 4.07. The zero-order valence-electron chi connectivity index (χ0n) is 6.80. The van der Waals surface area contributed by atoms with Gasteiger partial charge in [0.1, 0.15) is 0 Å². The first-order valence-electron chi connectivity index (χ1n) is 3.62. The minimum absolute atomic E-state index is 1.13. The highest BCUT2D eigenvalue weighted by Gasteiger charge is 1.85. The standard InChI is InChI=1S/C9H15N/c1-4-6-9(5-2)7-8-10-3/h5,7-8H,3-4,6H2,1-2H3/b8-7-,9-5-. The molecule has 0 saturated carbocycles. The Balaban J connectivity index is 3.84. The Bertz CT molecular complexity index is 143. The van der Waals surface area contributed by atoms with Crippen LogP contribution in [-0.2, 0) is 0 Å². The third-order valence-corrected chi connectivity index (χ3v) is 1.30. The van der Waals surface area contributed by atoms with E-state index in [-0.39, 0.29) is 0 Å². The molecule has 0 atom stereocenters. The molecule has 0 bridgehead atoms. The van der Waals surface area contributed by atoms with Crippen LogP contribution in [0.5, 0.6) is 0 Å². The van der Waals surface area contributed by atoms with Gasteiger partial charge in [-0.25, -0.2) is 0 Å². The van der Waals surface area contributed by atoms with E-state index in [2.05, 4.69) is 24.7 Å². The summed E-state index contributed by atoms with van der Waals surface area (Å²) in [6.07, 6.45) is 8.14. The fourth-order valence-electron chi connectivity index (χ4n) is 0.761. The van der Waals surface area contributed by atoms with Crippen LogP contribution in [0.3, 0.4) is 0 Å². The van der Waals surface area contributed by atoms with Crippen LogP contribution in [0.4, 0.5) is 0 Å². The van der Waals surface area contributed by atoms with E-state index < -0.39 is 0 Å². The smallest absolute Gasteiger partial charge is 0.0263 e. The lowest BCUT2D eigenvalue weighted by molar-refractivity contribution is 0.923. The van der Waals surface area contributed by atoms with E-state index >= 15 is 0 Å². The van der Waals surface area contributed by atoms with Crippen molar-refractivity contribution >= 4 is 6.72 Å². The van der Waals surface area contributed by atoms with E-state index in [1.165, 1.54) is 12.0 Å². The van der Waals surface area contributed by atoms with Crippen LogP contribution in [0.1, 0.15) is 26.7 Å². The van der Waals surface area contributed by atoms with Crippen molar-refractivity contribution in [1.82, 2.24) is 0 Å². The van der Waals surface area contributed by atoms with Crippen molar-refractivity contribution in [3.63, 3.8) is 0 Å². The highest BCUT2D eigenvalue weighted by Crippen LogP contribution is 2.05. The number of rotatable bonds is 4. The number of allylic oxidation sites excluding steroid dienone is 3. The Morgan fingerprint density at radius 3 is 2.70 bits per heavy atom. The zero-order chi connectivity index (χ0) is 7.82. The summed E-state index contributed by atoms with van der Waals surface area (Å²) in [7, 11) is 0. The van der Waals surface area contributed by atoms with Gasteiger partial charge in [-0.3, -0.25) is 4.99 Å². The molecule has 56 valence electrons. The summed E-state index contributed by atoms with van der Waals surface area (Å²) in [6, 6.07) is 0. The molecule has 0 unspecified atom stereocenters. The molecule has 0 fully saturated rings. The van der Waals surface area contributed by atoms with Crippen molar-refractivity contribution in [2.75, 3.05) is 0 Å². The normalized spacial score (nSPS) is 12.4. The highest BCUT2D eigenvalue weighted by molar-refractivity contribution is 5.27. The maximum Gasteiger partial charge on any atom is 0.0263 e. The largest absolute Gasteiger partial charge is 0.273 e. The minimum Gasteiger partial charge on any atom is -0.273 e. The first-order chi connectivity index (χ1) is 4.85. The number of hydrogen-bond donors (Lipinski definition) is 0. The molecule has 0 aromatic heterocycles. The molecule has 0 aliphatic carbocycles. The second-order valence-corrected chi connectivity index (χ2v) is 2.11. The zero-order valence-corrected chi connectivity index (χ0v) is 6.80. The van der Waals surface area contributed by atoms with Gasteiger partial charge < -0.3 is 0 Å². The molecular weight excluding hydrogens is 122 g/mol. The topological polar surface area (TPSA) is 12.4 Å². The van der Waals surface area contributed by atoms with Crippen molar-refractivity contribution in [2.24, 2.45) is 4.99 Å². The molecule has 0 radical (unpaired) electrons. The molecule has 0 N–H and O–H groups in total. The second-order valence-electron chi connectivity index (χ2n) is 2.11. The van der Waals surface area contributed by atoms with Crippen LogP contribution in [-0.4, -0.2) is 6.72 Å². The molecule has 0 aliphatic heterocycles. The van der Waals surface area contributed by atoms with E-state index in [0.717, 1.165) is 6.42 Å². The quantitative estimate of drug-likeness (QED) is 0.417. The van der Waals surface area contributed by atoms with Crippen molar-refractivity contribution < 1.29 is 0 Å². The Kier molecular flexibility index (Phi) is 5.74. The van der Waals surface area contributed by atoms with E-state index in [1.54, 1.807) is 6.20 Å². The monoisotopic (exact) mass is 137 g/mol. The van der Waals surface area contributed by atoms with Gasteiger partial charge in [0.15, 0.2) is 0 Å². The predicted molar refractivity (Wildman–Crippen MR) is 47.4 cm³/mol. The third-order valence-electron chi connectivity index (χ3n) is 1.30.